The maximum Gasteiger partial charge on any atom is 0.326 e. The molecule has 0 bridgehead atoms. The van der Waals surface area contributed by atoms with Gasteiger partial charge in [0.2, 0.25) is 0 Å². The average Bonchev–Trinajstić information content (AvgIpc) is 2.80. The van der Waals surface area contributed by atoms with Crippen molar-refractivity contribution in [1.82, 2.24) is 15.1 Å². The second-order valence-corrected chi connectivity index (χ2v) is 5.85. The van der Waals surface area contributed by atoms with Crippen molar-refractivity contribution < 1.29 is 14.3 Å². The van der Waals surface area contributed by atoms with Crippen molar-refractivity contribution in [3.63, 3.8) is 0 Å². The molecule has 0 unspecified atom stereocenters. The van der Waals surface area contributed by atoms with Crippen LogP contribution in [0.3, 0.4) is 0 Å². The highest BCUT2D eigenvalue weighted by Crippen LogP contribution is 2.29. The van der Waals surface area contributed by atoms with Gasteiger partial charge in [0.25, 0.3) is 5.91 Å². The van der Waals surface area contributed by atoms with E-state index in [-0.39, 0.29) is 12.6 Å². The van der Waals surface area contributed by atoms with Crippen molar-refractivity contribution >= 4 is 11.9 Å². The molecule has 2 saturated heterocycles. The van der Waals surface area contributed by atoms with Gasteiger partial charge in [0, 0.05) is 13.1 Å². The van der Waals surface area contributed by atoms with Crippen LogP contribution in [0.2, 0.25) is 0 Å². The predicted octanol–water partition coefficient (Wildman–Crippen LogP) is 0.615. The van der Waals surface area contributed by atoms with Crippen molar-refractivity contribution in [1.29, 1.82) is 5.26 Å². The lowest BCUT2D eigenvalue weighted by atomic mass is 9.91. The number of benzene rings is 1. The molecule has 1 aromatic rings. The molecule has 2 heterocycles. The number of carbonyl (C=O) groups excluding carboxylic acids is 2. The van der Waals surface area contributed by atoms with E-state index in [4.69, 9.17) is 10.00 Å². The van der Waals surface area contributed by atoms with E-state index < -0.39 is 11.6 Å². The number of nitriles is 1. The maximum absolute atomic E-state index is 12.8. The van der Waals surface area contributed by atoms with Crippen LogP contribution in [0.1, 0.15) is 18.1 Å². The van der Waals surface area contributed by atoms with Gasteiger partial charge < -0.3 is 10.1 Å². The third-order valence-electron chi connectivity index (χ3n) is 4.29. The van der Waals surface area contributed by atoms with Crippen LogP contribution in [0.5, 0.6) is 0 Å². The van der Waals surface area contributed by atoms with Crippen LogP contribution < -0.4 is 5.32 Å². The Morgan fingerprint density at radius 2 is 2.09 bits per heavy atom. The Balaban J connectivity index is 1.83. The van der Waals surface area contributed by atoms with Crippen molar-refractivity contribution in [2.45, 2.75) is 12.5 Å². The molecular weight excluding hydrogens is 296 g/mol. The zero-order valence-electron chi connectivity index (χ0n) is 12.9. The van der Waals surface area contributed by atoms with Gasteiger partial charge in [-0.25, -0.2) is 9.69 Å². The molecule has 7 nitrogen and oxygen atoms in total. The molecule has 0 aromatic heterocycles. The van der Waals surface area contributed by atoms with Crippen molar-refractivity contribution in [3.8, 4) is 6.07 Å². The number of rotatable bonds is 3. The van der Waals surface area contributed by atoms with E-state index in [9.17, 15) is 9.59 Å². The summed E-state index contributed by atoms with van der Waals surface area (Å²) < 4.78 is 5.28. The number of carbonyl (C=O) groups is 2. The molecule has 7 heteroatoms. The van der Waals surface area contributed by atoms with Crippen LogP contribution in [0, 0.1) is 11.3 Å². The number of ether oxygens (including phenoxy) is 1. The second-order valence-electron chi connectivity index (χ2n) is 5.85. The first-order valence-corrected chi connectivity index (χ1v) is 7.49. The number of hydrogen-bond donors (Lipinski definition) is 1. The largest absolute Gasteiger partial charge is 0.379 e. The Bertz CT molecular complexity index is 678. The van der Waals surface area contributed by atoms with E-state index in [0.29, 0.717) is 37.4 Å². The molecule has 2 aliphatic rings. The Morgan fingerprint density at radius 3 is 2.78 bits per heavy atom. The summed E-state index contributed by atoms with van der Waals surface area (Å²) in [4.78, 5) is 28.3. The van der Waals surface area contributed by atoms with Gasteiger partial charge >= 0.3 is 6.03 Å². The smallest absolute Gasteiger partial charge is 0.326 e. The number of amides is 3. The van der Waals surface area contributed by atoms with E-state index in [1.807, 2.05) is 4.90 Å². The van der Waals surface area contributed by atoms with Gasteiger partial charge in [0.05, 0.1) is 31.5 Å². The summed E-state index contributed by atoms with van der Waals surface area (Å²) in [5.74, 6) is -0.302. The summed E-state index contributed by atoms with van der Waals surface area (Å²) >= 11 is 0. The quantitative estimate of drug-likeness (QED) is 0.827. The van der Waals surface area contributed by atoms with Gasteiger partial charge in [-0.1, -0.05) is 12.1 Å². The molecule has 2 fully saturated rings. The van der Waals surface area contributed by atoms with Crippen molar-refractivity contribution in [2.24, 2.45) is 0 Å². The highest BCUT2D eigenvalue weighted by atomic mass is 16.5. The van der Waals surface area contributed by atoms with Gasteiger partial charge in [-0.2, -0.15) is 5.26 Å². The zero-order chi connectivity index (χ0) is 16.4. The lowest BCUT2D eigenvalue weighted by Gasteiger charge is -2.30. The first kappa shape index (κ1) is 15.5. The molecule has 1 aromatic carbocycles. The molecule has 0 spiro atoms. The number of morpholine rings is 1. The summed E-state index contributed by atoms with van der Waals surface area (Å²) in [5, 5.41) is 11.8. The van der Waals surface area contributed by atoms with Gasteiger partial charge in [0.15, 0.2) is 0 Å². The van der Waals surface area contributed by atoms with Crippen LogP contribution in [-0.2, 0) is 15.1 Å². The van der Waals surface area contributed by atoms with Gasteiger partial charge in [0.1, 0.15) is 5.54 Å². The molecule has 0 aliphatic carbocycles. The summed E-state index contributed by atoms with van der Waals surface area (Å²) in [6, 6.07) is 8.40. The summed E-state index contributed by atoms with van der Waals surface area (Å²) in [6.45, 7) is 4.51. The minimum Gasteiger partial charge on any atom is -0.379 e. The van der Waals surface area contributed by atoms with Crippen LogP contribution in [0.15, 0.2) is 24.3 Å². The number of imide groups is 1. The SMILES string of the molecule is C[C@]1(c2cccc(C#N)c2)NC(=O)N(CN2CCOCC2)C1=O. The Morgan fingerprint density at radius 1 is 1.35 bits per heavy atom. The summed E-state index contributed by atoms with van der Waals surface area (Å²) in [5.41, 5.74) is -0.0762. The van der Waals surface area contributed by atoms with Gasteiger partial charge in [-0.3, -0.25) is 9.69 Å². The fraction of sp³-hybridized carbons (Fsp3) is 0.438. The van der Waals surface area contributed by atoms with E-state index >= 15 is 0 Å². The molecule has 3 rings (SSSR count). The van der Waals surface area contributed by atoms with Gasteiger partial charge in [-0.05, 0) is 24.6 Å². The van der Waals surface area contributed by atoms with E-state index in [1.54, 1.807) is 31.2 Å². The molecule has 1 atom stereocenters. The maximum atomic E-state index is 12.8. The third kappa shape index (κ3) is 2.79. The predicted molar refractivity (Wildman–Crippen MR) is 81.1 cm³/mol. The summed E-state index contributed by atoms with van der Waals surface area (Å²) in [7, 11) is 0. The minimum absolute atomic E-state index is 0.252. The molecule has 3 amide bonds. The number of hydrogen-bond acceptors (Lipinski definition) is 5. The van der Waals surface area contributed by atoms with E-state index in [1.165, 1.54) is 4.90 Å². The molecule has 0 radical (unpaired) electrons. The number of nitrogens with one attached hydrogen (secondary N) is 1. The van der Waals surface area contributed by atoms with E-state index in [2.05, 4.69) is 11.4 Å². The molecular formula is C16H18N4O3. The zero-order valence-corrected chi connectivity index (χ0v) is 12.9. The highest BCUT2D eigenvalue weighted by Gasteiger charge is 2.49. The fourth-order valence-corrected chi connectivity index (χ4v) is 2.86. The van der Waals surface area contributed by atoms with Crippen molar-refractivity contribution in [3.05, 3.63) is 35.4 Å². The van der Waals surface area contributed by atoms with Crippen LogP contribution in [-0.4, -0.2) is 54.7 Å². The first-order chi connectivity index (χ1) is 11.0. The Kier molecular flexibility index (Phi) is 4.03. The average molecular weight is 314 g/mol. The van der Waals surface area contributed by atoms with Gasteiger partial charge in [-0.15, -0.1) is 0 Å². The Labute approximate surface area is 134 Å². The monoisotopic (exact) mass is 314 g/mol. The highest BCUT2D eigenvalue weighted by molar-refractivity contribution is 6.07. The van der Waals surface area contributed by atoms with Crippen molar-refractivity contribution in [2.75, 3.05) is 33.0 Å². The molecule has 1 N–H and O–H groups in total. The van der Waals surface area contributed by atoms with E-state index in [0.717, 1.165) is 0 Å². The standard InChI is InChI=1S/C16H18N4O3/c1-16(13-4-2-3-12(9-13)10-17)14(21)20(15(22)18-16)11-19-5-7-23-8-6-19/h2-4,9H,5-8,11H2,1H3,(H,18,22)/t16-/m1/s1. The molecule has 0 saturated carbocycles. The summed E-state index contributed by atoms with van der Waals surface area (Å²) in [6.07, 6.45) is 0. The van der Waals surface area contributed by atoms with Crippen LogP contribution >= 0.6 is 0 Å². The lowest BCUT2D eigenvalue weighted by Crippen LogP contribution is -2.47. The molecule has 2 aliphatic heterocycles. The first-order valence-electron chi connectivity index (χ1n) is 7.49. The second kappa shape index (κ2) is 5.99. The topological polar surface area (TPSA) is 85.7 Å². The normalized spacial score (nSPS) is 25.3. The number of nitrogens with zero attached hydrogens (tertiary/aromatic N) is 3. The third-order valence-corrected chi connectivity index (χ3v) is 4.29. The Hall–Kier alpha value is -2.43. The van der Waals surface area contributed by atoms with Crippen LogP contribution in [0.25, 0.3) is 0 Å². The minimum atomic E-state index is -1.14. The lowest BCUT2D eigenvalue weighted by molar-refractivity contribution is -0.133. The molecule has 120 valence electrons. The fourth-order valence-electron chi connectivity index (χ4n) is 2.86. The van der Waals surface area contributed by atoms with Crippen LogP contribution in [0.4, 0.5) is 4.79 Å². The molecule has 23 heavy (non-hydrogen) atoms. The number of urea groups is 1.